The van der Waals surface area contributed by atoms with Crippen LogP contribution in [0.2, 0.25) is 0 Å². The maximum absolute atomic E-state index is 9.08. The molecule has 2 rings (SSSR count). The Kier molecular flexibility index (Phi) is 7.42. The molecule has 0 spiro atoms. The molecule has 0 aliphatic rings. The van der Waals surface area contributed by atoms with Crippen molar-refractivity contribution in [2.75, 3.05) is 6.54 Å². The zero-order valence-electron chi connectivity index (χ0n) is 16.9. The van der Waals surface area contributed by atoms with Crippen molar-refractivity contribution in [1.82, 2.24) is 4.90 Å². The Morgan fingerprint density at radius 1 is 0.962 bits per heavy atom. The lowest BCUT2D eigenvalue weighted by Crippen LogP contribution is -2.38. The molecule has 26 heavy (non-hydrogen) atoms. The van der Waals surface area contributed by atoms with Gasteiger partial charge in [0, 0.05) is 18.0 Å². The molecule has 0 heterocycles. The van der Waals surface area contributed by atoms with Crippen molar-refractivity contribution in [3.63, 3.8) is 0 Å². The SMILES string of the molecule is Cc1ccc(CC#N)cc1C(CCN(C(C)C)C(C)C)c1ccccc1. The standard InChI is InChI=1S/C24H32N2/c1-18(2)26(19(3)4)16-14-23(22-9-7-6-8-10-22)24-17-21(13-15-25)12-11-20(24)5/h6-12,17-19,23H,13-14,16H2,1-5H3. The summed E-state index contributed by atoms with van der Waals surface area (Å²) in [6, 6.07) is 20.6. The minimum Gasteiger partial charge on any atom is -0.299 e. The third kappa shape index (κ3) is 5.19. The second-order valence-electron chi connectivity index (χ2n) is 7.70. The van der Waals surface area contributed by atoms with Crippen LogP contribution in [0.1, 0.15) is 62.3 Å². The molecular weight excluding hydrogens is 316 g/mol. The second kappa shape index (κ2) is 9.55. The highest BCUT2D eigenvalue weighted by atomic mass is 15.2. The van der Waals surface area contributed by atoms with E-state index in [-0.39, 0.29) is 0 Å². The number of nitriles is 1. The minimum atomic E-state index is 0.356. The van der Waals surface area contributed by atoms with Crippen LogP contribution in [0, 0.1) is 18.3 Å². The number of aryl methyl sites for hydroxylation is 1. The number of benzene rings is 2. The van der Waals surface area contributed by atoms with Crippen LogP contribution in [0.4, 0.5) is 0 Å². The monoisotopic (exact) mass is 348 g/mol. The highest BCUT2D eigenvalue weighted by molar-refractivity contribution is 5.40. The zero-order chi connectivity index (χ0) is 19.1. The third-order valence-corrected chi connectivity index (χ3v) is 5.21. The van der Waals surface area contributed by atoms with E-state index < -0.39 is 0 Å². The van der Waals surface area contributed by atoms with E-state index in [1.54, 1.807) is 0 Å². The molecule has 0 aliphatic carbocycles. The molecule has 2 nitrogen and oxygen atoms in total. The summed E-state index contributed by atoms with van der Waals surface area (Å²) in [4.78, 5) is 2.56. The van der Waals surface area contributed by atoms with Gasteiger partial charge in [0.2, 0.25) is 0 Å². The Morgan fingerprint density at radius 3 is 2.19 bits per heavy atom. The highest BCUT2D eigenvalue weighted by Crippen LogP contribution is 2.32. The summed E-state index contributed by atoms with van der Waals surface area (Å²) < 4.78 is 0. The fourth-order valence-corrected chi connectivity index (χ4v) is 3.84. The van der Waals surface area contributed by atoms with Crippen molar-refractivity contribution in [3.8, 4) is 6.07 Å². The van der Waals surface area contributed by atoms with Gasteiger partial charge in [-0.05, 0) is 69.8 Å². The average Bonchev–Trinajstić information content (AvgIpc) is 2.61. The molecule has 1 atom stereocenters. The van der Waals surface area contributed by atoms with Gasteiger partial charge in [0.1, 0.15) is 0 Å². The summed E-state index contributed by atoms with van der Waals surface area (Å²) in [6.07, 6.45) is 1.55. The summed E-state index contributed by atoms with van der Waals surface area (Å²) in [7, 11) is 0. The third-order valence-electron chi connectivity index (χ3n) is 5.21. The Balaban J connectivity index is 2.37. The lowest BCUT2D eigenvalue weighted by molar-refractivity contribution is 0.170. The predicted molar refractivity (Wildman–Crippen MR) is 110 cm³/mol. The lowest BCUT2D eigenvalue weighted by atomic mass is 9.84. The van der Waals surface area contributed by atoms with E-state index in [1.807, 2.05) is 0 Å². The van der Waals surface area contributed by atoms with E-state index in [0.717, 1.165) is 18.5 Å². The Morgan fingerprint density at radius 2 is 1.62 bits per heavy atom. The Labute approximate surface area is 159 Å². The topological polar surface area (TPSA) is 27.0 Å². The average molecular weight is 349 g/mol. The van der Waals surface area contributed by atoms with Gasteiger partial charge in [-0.25, -0.2) is 0 Å². The van der Waals surface area contributed by atoms with Gasteiger partial charge in [-0.15, -0.1) is 0 Å². The molecule has 0 radical (unpaired) electrons. The van der Waals surface area contributed by atoms with E-state index >= 15 is 0 Å². The molecule has 2 aromatic rings. The summed E-state index contributed by atoms with van der Waals surface area (Å²) >= 11 is 0. The van der Waals surface area contributed by atoms with Crippen molar-refractivity contribution in [3.05, 3.63) is 70.8 Å². The minimum absolute atomic E-state index is 0.356. The van der Waals surface area contributed by atoms with Gasteiger partial charge in [0.15, 0.2) is 0 Å². The number of nitrogens with zero attached hydrogens (tertiary/aromatic N) is 2. The van der Waals surface area contributed by atoms with Gasteiger partial charge in [-0.2, -0.15) is 5.26 Å². The van der Waals surface area contributed by atoms with E-state index in [2.05, 4.69) is 94.1 Å². The van der Waals surface area contributed by atoms with E-state index in [1.165, 1.54) is 16.7 Å². The lowest BCUT2D eigenvalue weighted by Gasteiger charge is -2.32. The molecule has 0 fully saturated rings. The Hall–Kier alpha value is -2.11. The van der Waals surface area contributed by atoms with Crippen LogP contribution in [0.25, 0.3) is 0 Å². The van der Waals surface area contributed by atoms with E-state index in [0.29, 0.717) is 24.4 Å². The molecule has 1 unspecified atom stereocenters. The van der Waals surface area contributed by atoms with Crippen molar-refractivity contribution in [1.29, 1.82) is 5.26 Å². The van der Waals surface area contributed by atoms with Gasteiger partial charge in [0.25, 0.3) is 0 Å². The van der Waals surface area contributed by atoms with Crippen LogP contribution >= 0.6 is 0 Å². The van der Waals surface area contributed by atoms with Crippen LogP contribution in [0.3, 0.4) is 0 Å². The maximum atomic E-state index is 9.08. The molecule has 2 aromatic carbocycles. The first-order valence-corrected chi connectivity index (χ1v) is 9.71. The van der Waals surface area contributed by atoms with Gasteiger partial charge in [-0.3, -0.25) is 4.90 Å². The van der Waals surface area contributed by atoms with Crippen LogP contribution in [0.15, 0.2) is 48.5 Å². The maximum Gasteiger partial charge on any atom is 0.0669 e. The number of hydrogen-bond acceptors (Lipinski definition) is 2. The first kappa shape index (κ1) is 20.2. The van der Waals surface area contributed by atoms with E-state index in [9.17, 15) is 0 Å². The molecular formula is C24H32N2. The summed E-state index contributed by atoms with van der Waals surface area (Å²) in [5.74, 6) is 0.356. The summed E-state index contributed by atoms with van der Waals surface area (Å²) in [5, 5.41) is 9.08. The number of rotatable bonds is 8. The second-order valence-corrected chi connectivity index (χ2v) is 7.70. The molecule has 138 valence electrons. The molecule has 0 bridgehead atoms. The predicted octanol–water partition coefficient (Wildman–Crippen LogP) is 5.70. The van der Waals surface area contributed by atoms with Crippen molar-refractivity contribution in [2.45, 2.75) is 65.5 Å². The molecule has 0 amide bonds. The summed E-state index contributed by atoms with van der Waals surface area (Å²) in [5.41, 5.74) is 5.13. The van der Waals surface area contributed by atoms with Crippen LogP contribution < -0.4 is 0 Å². The molecule has 2 heteroatoms. The molecule has 0 saturated heterocycles. The first-order valence-electron chi connectivity index (χ1n) is 9.71. The molecule has 0 aliphatic heterocycles. The van der Waals surface area contributed by atoms with Crippen LogP contribution in [-0.4, -0.2) is 23.5 Å². The largest absolute Gasteiger partial charge is 0.299 e. The molecule has 0 N–H and O–H groups in total. The Bertz CT molecular complexity index is 718. The summed E-state index contributed by atoms with van der Waals surface area (Å²) in [6.45, 7) is 12.3. The van der Waals surface area contributed by atoms with Gasteiger partial charge >= 0.3 is 0 Å². The van der Waals surface area contributed by atoms with Crippen molar-refractivity contribution >= 4 is 0 Å². The smallest absolute Gasteiger partial charge is 0.0669 e. The van der Waals surface area contributed by atoms with E-state index in [4.69, 9.17) is 5.26 Å². The molecule has 0 saturated carbocycles. The highest BCUT2D eigenvalue weighted by Gasteiger charge is 2.20. The van der Waals surface area contributed by atoms with Gasteiger partial charge in [-0.1, -0.05) is 48.5 Å². The van der Waals surface area contributed by atoms with Crippen molar-refractivity contribution < 1.29 is 0 Å². The fourth-order valence-electron chi connectivity index (χ4n) is 3.84. The quantitative estimate of drug-likeness (QED) is 0.611. The fraction of sp³-hybridized carbons (Fsp3) is 0.458. The van der Waals surface area contributed by atoms with Gasteiger partial charge in [0.05, 0.1) is 12.5 Å². The van der Waals surface area contributed by atoms with Crippen LogP contribution in [0.5, 0.6) is 0 Å². The zero-order valence-corrected chi connectivity index (χ0v) is 16.9. The van der Waals surface area contributed by atoms with Gasteiger partial charge < -0.3 is 0 Å². The van der Waals surface area contributed by atoms with Crippen molar-refractivity contribution in [2.24, 2.45) is 0 Å². The first-order chi connectivity index (χ1) is 12.4. The van der Waals surface area contributed by atoms with Crippen LogP contribution in [-0.2, 0) is 6.42 Å². The normalized spacial score (nSPS) is 12.6. The molecule has 0 aromatic heterocycles. The number of hydrogen-bond donors (Lipinski definition) is 0.